The highest BCUT2D eigenvalue weighted by molar-refractivity contribution is 7.16. The van der Waals surface area contributed by atoms with E-state index in [9.17, 15) is 4.79 Å². The van der Waals surface area contributed by atoms with Crippen LogP contribution in [0.4, 0.5) is 15.7 Å². The first-order valence-electron chi connectivity index (χ1n) is 7.99. The Morgan fingerprint density at radius 3 is 2.65 bits per heavy atom. The molecule has 2 N–H and O–H groups in total. The van der Waals surface area contributed by atoms with E-state index >= 15 is 0 Å². The Labute approximate surface area is 156 Å². The van der Waals surface area contributed by atoms with Crippen LogP contribution in [0.15, 0.2) is 41.2 Å². The number of pyridine rings is 1. The summed E-state index contributed by atoms with van der Waals surface area (Å²) in [6.45, 7) is 6.62. The van der Waals surface area contributed by atoms with Crippen LogP contribution in [0.3, 0.4) is 0 Å². The average Bonchev–Trinajstić information content (AvgIpc) is 3.22. The lowest BCUT2D eigenvalue weighted by Crippen LogP contribution is -2.36. The highest BCUT2D eigenvalue weighted by Crippen LogP contribution is 2.20. The van der Waals surface area contributed by atoms with Crippen LogP contribution in [-0.4, -0.2) is 29.1 Å². The molecule has 3 aromatic rings. The third-order valence-corrected chi connectivity index (χ3v) is 5.89. The van der Waals surface area contributed by atoms with E-state index < -0.39 is 8.07 Å². The fourth-order valence-corrected chi connectivity index (χ4v) is 3.54. The Morgan fingerprint density at radius 1 is 1.12 bits per heavy atom. The molecule has 0 atom stereocenters. The van der Waals surface area contributed by atoms with Gasteiger partial charge in [0.15, 0.2) is 5.13 Å². The molecule has 26 heavy (non-hydrogen) atoms. The molecule has 3 heterocycles. The molecule has 0 unspecified atom stereocenters. The second kappa shape index (κ2) is 7.62. The van der Waals surface area contributed by atoms with Crippen molar-refractivity contribution in [1.29, 1.82) is 0 Å². The normalized spacial score (nSPS) is 11.7. The van der Waals surface area contributed by atoms with Crippen molar-refractivity contribution in [2.24, 2.45) is 0 Å². The van der Waals surface area contributed by atoms with Crippen molar-refractivity contribution in [2.45, 2.75) is 19.6 Å². The molecule has 0 spiro atoms. The van der Waals surface area contributed by atoms with Crippen LogP contribution in [-0.2, 0) is 0 Å². The van der Waals surface area contributed by atoms with Crippen LogP contribution >= 0.6 is 11.3 Å². The molecule has 0 aliphatic rings. The fourth-order valence-electron chi connectivity index (χ4n) is 1.97. The van der Waals surface area contributed by atoms with Crippen molar-refractivity contribution < 1.29 is 9.21 Å². The molecule has 0 saturated heterocycles. The molecule has 0 aliphatic heterocycles. The van der Waals surface area contributed by atoms with E-state index in [1.54, 1.807) is 42.9 Å². The topological polar surface area (TPSA) is 92.9 Å². The predicted molar refractivity (Wildman–Crippen MR) is 107 cm³/mol. The van der Waals surface area contributed by atoms with Gasteiger partial charge in [-0.3, -0.25) is 10.6 Å². The number of carbonyl (C=O) groups excluding carboxylic acids is 1. The monoisotopic (exact) mass is 385 g/mol. The number of thiazole rings is 1. The van der Waals surface area contributed by atoms with Gasteiger partial charge >= 0.3 is 6.03 Å². The first-order valence-corrected chi connectivity index (χ1v) is 12.3. The van der Waals surface area contributed by atoms with Crippen LogP contribution < -0.4 is 16.0 Å². The summed E-state index contributed by atoms with van der Waals surface area (Å²) < 4.78 is 5.77. The number of nitrogens with one attached hydrogen (secondary N) is 2. The van der Waals surface area contributed by atoms with Crippen LogP contribution in [0.25, 0.3) is 12.2 Å². The van der Waals surface area contributed by atoms with Crippen molar-refractivity contribution in [2.75, 3.05) is 10.6 Å². The van der Waals surface area contributed by atoms with Crippen molar-refractivity contribution in [3.05, 3.63) is 47.6 Å². The summed E-state index contributed by atoms with van der Waals surface area (Å²) in [4.78, 5) is 25.3. The van der Waals surface area contributed by atoms with E-state index in [0.717, 1.165) is 10.3 Å². The average molecular weight is 386 g/mol. The lowest BCUT2D eigenvalue weighted by atomic mass is 10.4. The lowest BCUT2D eigenvalue weighted by Gasteiger charge is -2.09. The Hall–Kier alpha value is -2.78. The van der Waals surface area contributed by atoms with Gasteiger partial charge in [-0.05, 0) is 18.2 Å². The second-order valence-electron chi connectivity index (χ2n) is 6.51. The van der Waals surface area contributed by atoms with Gasteiger partial charge in [0.25, 0.3) is 0 Å². The number of hydrogen-bond donors (Lipinski definition) is 2. The number of aromatic nitrogens is 3. The van der Waals surface area contributed by atoms with E-state index in [4.69, 9.17) is 4.42 Å². The number of urea groups is 1. The molecule has 0 aromatic carbocycles. The maximum absolute atomic E-state index is 11.9. The van der Waals surface area contributed by atoms with E-state index in [0.29, 0.717) is 16.8 Å². The van der Waals surface area contributed by atoms with Gasteiger partial charge in [-0.2, -0.15) is 0 Å². The molecule has 0 bridgehead atoms. The summed E-state index contributed by atoms with van der Waals surface area (Å²) in [5.41, 5.74) is 0. The number of rotatable bonds is 5. The minimum atomic E-state index is -1.50. The smallest absolute Gasteiger partial charge is 0.326 e. The number of oxazole rings is 1. The van der Waals surface area contributed by atoms with Crippen LogP contribution in [0.1, 0.15) is 10.8 Å². The van der Waals surface area contributed by atoms with E-state index in [-0.39, 0.29) is 6.03 Å². The highest BCUT2D eigenvalue weighted by Gasteiger charge is 2.21. The van der Waals surface area contributed by atoms with E-state index in [1.807, 2.05) is 6.08 Å². The van der Waals surface area contributed by atoms with E-state index in [1.165, 1.54) is 11.3 Å². The summed E-state index contributed by atoms with van der Waals surface area (Å²) in [5.74, 6) is 1.04. The molecule has 134 valence electrons. The summed E-state index contributed by atoms with van der Waals surface area (Å²) in [6.07, 6.45) is 8.75. The summed E-state index contributed by atoms with van der Waals surface area (Å²) in [6, 6.07) is 4.90. The minimum absolute atomic E-state index is 0.388. The Morgan fingerprint density at radius 2 is 1.96 bits per heavy atom. The quantitative estimate of drug-likeness (QED) is 0.650. The molecule has 3 aromatic heterocycles. The highest BCUT2D eigenvalue weighted by atomic mass is 32.1. The van der Waals surface area contributed by atoms with Gasteiger partial charge in [0.1, 0.15) is 19.3 Å². The SMILES string of the molecule is C[Si](C)(C)c1cnc(/C=C/c2cnc(NC(=O)Nc3ccccn3)s2)o1. The van der Waals surface area contributed by atoms with Gasteiger partial charge in [0.05, 0.1) is 6.20 Å². The second-order valence-corrected chi connectivity index (χ2v) is 12.6. The van der Waals surface area contributed by atoms with Gasteiger partial charge in [-0.25, -0.2) is 19.7 Å². The zero-order valence-electron chi connectivity index (χ0n) is 14.7. The zero-order chi connectivity index (χ0) is 18.6. The molecule has 0 aliphatic carbocycles. The first kappa shape index (κ1) is 18.0. The van der Waals surface area contributed by atoms with Crippen LogP contribution in [0.5, 0.6) is 0 Å². The van der Waals surface area contributed by atoms with Crippen molar-refractivity contribution in [1.82, 2.24) is 15.0 Å². The number of hydrogen-bond acceptors (Lipinski definition) is 6. The van der Waals surface area contributed by atoms with Gasteiger partial charge < -0.3 is 4.42 Å². The first-order chi connectivity index (χ1) is 12.4. The summed E-state index contributed by atoms with van der Waals surface area (Å²) in [7, 11) is -1.50. The third kappa shape index (κ3) is 4.87. The number of amides is 2. The van der Waals surface area contributed by atoms with Gasteiger partial charge in [0, 0.05) is 23.3 Å². The standard InChI is InChI=1S/C17H19N5O2SSi/c1-26(2,3)15-11-19-14(24-15)8-7-12-10-20-17(25-12)22-16(23)21-13-6-4-5-9-18-13/h4-11H,1-3H3,(H2,18,20,21,22,23)/b8-7+. The fraction of sp³-hybridized carbons (Fsp3) is 0.176. The maximum atomic E-state index is 11.9. The summed E-state index contributed by atoms with van der Waals surface area (Å²) in [5, 5.41) is 6.79. The zero-order valence-corrected chi connectivity index (χ0v) is 16.5. The maximum Gasteiger partial charge on any atom is 0.326 e. The molecule has 9 heteroatoms. The molecule has 7 nitrogen and oxygen atoms in total. The Balaban J connectivity index is 1.59. The van der Waals surface area contributed by atoms with Crippen LogP contribution in [0, 0.1) is 0 Å². The predicted octanol–water partition coefficient (Wildman–Crippen LogP) is 3.89. The molecule has 0 radical (unpaired) electrons. The number of nitrogens with zero attached hydrogens (tertiary/aromatic N) is 3. The molecule has 0 saturated carbocycles. The van der Waals surface area contributed by atoms with Crippen molar-refractivity contribution >= 4 is 53.9 Å². The molecule has 3 rings (SSSR count). The largest absolute Gasteiger partial charge is 0.447 e. The molecule has 0 fully saturated rings. The lowest BCUT2D eigenvalue weighted by molar-refractivity contribution is 0.262. The Kier molecular flexibility index (Phi) is 5.28. The van der Waals surface area contributed by atoms with Crippen molar-refractivity contribution in [3.63, 3.8) is 0 Å². The minimum Gasteiger partial charge on any atom is -0.447 e. The third-order valence-electron chi connectivity index (χ3n) is 3.30. The van der Waals surface area contributed by atoms with Crippen LogP contribution in [0.2, 0.25) is 19.6 Å². The van der Waals surface area contributed by atoms with Gasteiger partial charge in [-0.1, -0.05) is 37.0 Å². The Bertz CT molecular complexity index is 915. The molecular formula is C17H19N5O2SSi. The van der Waals surface area contributed by atoms with Gasteiger partial charge in [0.2, 0.25) is 5.89 Å². The van der Waals surface area contributed by atoms with Crippen molar-refractivity contribution in [3.8, 4) is 0 Å². The number of carbonyl (C=O) groups is 1. The number of anilines is 2. The summed E-state index contributed by atoms with van der Waals surface area (Å²) >= 11 is 1.35. The van der Waals surface area contributed by atoms with Gasteiger partial charge in [-0.15, -0.1) is 0 Å². The molecule has 2 amide bonds. The van der Waals surface area contributed by atoms with E-state index in [2.05, 4.69) is 45.2 Å². The molecular weight excluding hydrogens is 366 g/mol.